The normalized spacial score (nSPS) is 18.5. The molecule has 124 valence electrons. The Balaban J connectivity index is 0.00000242. The van der Waals surface area contributed by atoms with E-state index in [0.29, 0.717) is 13.2 Å². The largest absolute Gasteiger partial charge is 0.416 e. The van der Waals surface area contributed by atoms with Crippen molar-refractivity contribution in [3.8, 4) is 0 Å². The zero-order valence-corrected chi connectivity index (χ0v) is 12.8. The van der Waals surface area contributed by atoms with Crippen LogP contribution in [0, 0.1) is 6.92 Å². The van der Waals surface area contributed by atoms with Gasteiger partial charge in [-0.3, -0.25) is 4.79 Å². The lowest BCUT2D eigenvalue weighted by Gasteiger charge is -2.23. The van der Waals surface area contributed by atoms with Gasteiger partial charge in [0, 0.05) is 18.8 Å². The summed E-state index contributed by atoms with van der Waals surface area (Å²) >= 11 is 0. The Hall–Kier alpha value is -1.31. The van der Waals surface area contributed by atoms with Crippen LogP contribution in [-0.2, 0) is 15.7 Å². The van der Waals surface area contributed by atoms with Crippen molar-refractivity contribution in [1.82, 2.24) is 5.32 Å². The highest BCUT2D eigenvalue weighted by atomic mass is 35.5. The van der Waals surface area contributed by atoms with Crippen LogP contribution in [0.25, 0.3) is 0 Å². The maximum absolute atomic E-state index is 12.8. The predicted molar refractivity (Wildman–Crippen MR) is 79.3 cm³/mol. The van der Waals surface area contributed by atoms with E-state index in [1.54, 1.807) is 0 Å². The monoisotopic (exact) mass is 338 g/mol. The van der Waals surface area contributed by atoms with Gasteiger partial charge in [-0.2, -0.15) is 13.2 Å². The average Bonchev–Trinajstić information content (AvgIpc) is 2.41. The summed E-state index contributed by atoms with van der Waals surface area (Å²) in [5, 5.41) is 5.57. The van der Waals surface area contributed by atoms with Gasteiger partial charge in [-0.15, -0.1) is 12.4 Å². The fraction of sp³-hybridized carbons (Fsp3) is 0.500. The molecule has 0 spiro atoms. The van der Waals surface area contributed by atoms with Gasteiger partial charge in [0.2, 0.25) is 5.91 Å². The molecule has 0 saturated carbocycles. The van der Waals surface area contributed by atoms with Crippen LogP contribution in [0.1, 0.15) is 17.5 Å². The highest BCUT2D eigenvalue weighted by molar-refractivity contribution is 5.91. The van der Waals surface area contributed by atoms with E-state index in [1.807, 2.05) is 0 Å². The smallest absolute Gasteiger partial charge is 0.375 e. The molecule has 1 amide bonds. The summed E-state index contributed by atoms with van der Waals surface area (Å²) in [4.78, 5) is 11.8. The SMILES string of the molecule is Cc1ccc(NC(=O)CC2CNCCO2)cc1C(F)(F)F.Cl. The predicted octanol–water partition coefficient (Wildman–Crippen LogP) is 2.75. The fourth-order valence-corrected chi connectivity index (χ4v) is 2.17. The molecular formula is C14H18ClF3N2O2. The number of morpholine rings is 1. The maximum Gasteiger partial charge on any atom is 0.416 e. The highest BCUT2D eigenvalue weighted by Gasteiger charge is 2.32. The van der Waals surface area contributed by atoms with E-state index >= 15 is 0 Å². The molecule has 1 aliphatic heterocycles. The second-order valence-corrected chi connectivity index (χ2v) is 4.98. The van der Waals surface area contributed by atoms with Crippen molar-refractivity contribution in [2.24, 2.45) is 0 Å². The second-order valence-electron chi connectivity index (χ2n) is 4.98. The Labute approximate surface area is 132 Å². The van der Waals surface area contributed by atoms with Crippen LogP contribution in [-0.4, -0.2) is 31.7 Å². The minimum atomic E-state index is -4.43. The fourth-order valence-electron chi connectivity index (χ4n) is 2.17. The molecule has 1 unspecified atom stereocenters. The number of nitrogens with one attached hydrogen (secondary N) is 2. The van der Waals surface area contributed by atoms with E-state index in [0.717, 1.165) is 12.6 Å². The summed E-state index contributed by atoms with van der Waals surface area (Å²) < 4.78 is 43.8. The molecule has 0 aliphatic carbocycles. The van der Waals surface area contributed by atoms with Crippen molar-refractivity contribution in [1.29, 1.82) is 0 Å². The summed E-state index contributed by atoms with van der Waals surface area (Å²) in [6, 6.07) is 3.76. The van der Waals surface area contributed by atoms with Crippen LogP contribution in [0.3, 0.4) is 0 Å². The van der Waals surface area contributed by atoms with Crippen molar-refractivity contribution in [3.63, 3.8) is 0 Å². The summed E-state index contributed by atoms with van der Waals surface area (Å²) in [5.41, 5.74) is -0.474. The Kier molecular flexibility index (Phi) is 6.65. The Morgan fingerprint density at radius 2 is 2.18 bits per heavy atom. The first-order valence-electron chi connectivity index (χ1n) is 6.66. The Morgan fingerprint density at radius 1 is 1.45 bits per heavy atom. The third-order valence-electron chi connectivity index (χ3n) is 3.24. The number of carbonyl (C=O) groups excluding carboxylic acids is 1. The summed E-state index contributed by atoms with van der Waals surface area (Å²) in [6.45, 7) is 3.22. The standard InChI is InChI=1S/C14H17F3N2O2.ClH/c1-9-2-3-10(6-12(9)14(15,16)17)19-13(20)7-11-8-18-4-5-21-11;/h2-3,6,11,18H,4-5,7-8H2,1H3,(H,19,20);1H. The van der Waals surface area contributed by atoms with E-state index in [-0.39, 0.29) is 42.1 Å². The van der Waals surface area contributed by atoms with Gasteiger partial charge in [0.05, 0.1) is 24.7 Å². The van der Waals surface area contributed by atoms with Gasteiger partial charge < -0.3 is 15.4 Å². The summed E-state index contributed by atoms with van der Waals surface area (Å²) in [5.74, 6) is -0.360. The number of benzene rings is 1. The molecule has 22 heavy (non-hydrogen) atoms. The molecule has 8 heteroatoms. The first-order chi connectivity index (χ1) is 9.86. The molecule has 1 aliphatic rings. The average molecular weight is 339 g/mol. The van der Waals surface area contributed by atoms with Crippen LogP contribution in [0.4, 0.5) is 18.9 Å². The Morgan fingerprint density at radius 3 is 2.77 bits per heavy atom. The number of hydrogen-bond donors (Lipinski definition) is 2. The van der Waals surface area contributed by atoms with Gasteiger partial charge >= 0.3 is 6.18 Å². The van der Waals surface area contributed by atoms with Crippen molar-refractivity contribution in [2.45, 2.75) is 25.6 Å². The maximum atomic E-state index is 12.8. The molecule has 2 N–H and O–H groups in total. The number of hydrogen-bond acceptors (Lipinski definition) is 3. The number of rotatable bonds is 3. The molecule has 0 aromatic heterocycles. The van der Waals surface area contributed by atoms with E-state index < -0.39 is 11.7 Å². The van der Waals surface area contributed by atoms with Crippen molar-refractivity contribution in [2.75, 3.05) is 25.0 Å². The van der Waals surface area contributed by atoms with Crippen molar-refractivity contribution in [3.05, 3.63) is 29.3 Å². The van der Waals surface area contributed by atoms with E-state index in [9.17, 15) is 18.0 Å². The van der Waals surface area contributed by atoms with E-state index in [2.05, 4.69) is 10.6 Å². The lowest BCUT2D eigenvalue weighted by Crippen LogP contribution is -2.40. The molecular weight excluding hydrogens is 321 g/mol. The Bertz CT molecular complexity index is 517. The lowest BCUT2D eigenvalue weighted by atomic mass is 10.1. The molecule has 1 fully saturated rings. The van der Waals surface area contributed by atoms with Crippen LogP contribution in [0.2, 0.25) is 0 Å². The topological polar surface area (TPSA) is 50.4 Å². The molecule has 1 aromatic carbocycles. The van der Waals surface area contributed by atoms with E-state index in [1.165, 1.54) is 19.1 Å². The number of anilines is 1. The molecule has 1 heterocycles. The van der Waals surface area contributed by atoms with Gasteiger partial charge in [0.25, 0.3) is 0 Å². The second kappa shape index (κ2) is 7.80. The molecule has 4 nitrogen and oxygen atoms in total. The van der Waals surface area contributed by atoms with Gasteiger partial charge in [0.1, 0.15) is 0 Å². The third kappa shape index (κ3) is 5.15. The minimum Gasteiger partial charge on any atom is -0.375 e. The number of carbonyl (C=O) groups is 1. The van der Waals surface area contributed by atoms with Gasteiger partial charge in [0.15, 0.2) is 0 Å². The number of alkyl halides is 3. The highest BCUT2D eigenvalue weighted by Crippen LogP contribution is 2.33. The van der Waals surface area contributed by atoms with Crippen molar-refractivity contribution >= 4 is 24.0 Å². The van der Waals surface area contributed by atoms with E-state index in [4.69, 9.17) is 4.74 Å². The third-order valence-corrected chi connectivity index (χ3v) is 3.24. The van der Waals surface area contributed by atoms with Crippen LogP contribution in [0.15, 0.2) is 18.2 Å². The number of ether oxygens (including phenoxy) is 1. The molecule has 1 saturated heterocycles. The van der Waals surface area contributed by atoms with Crippen LogP contribution >= 0.6 is 12.4 Å². The van der Waals surface area contributed by atoms with Crippen LogP contribution < -0.4 is 10.6 Å². The van der Waals surface area contributed by atoms with Gasteiger partial charge in [-0.25, -0.2) is 0 Å². The lowest BCUT2D eigenvalue weighted by molar-refractivity contribution is -0.138. The molecule has 1 aromatic rings. The van der Waals surface area contributed by atoms with Crippen LogP contribution in [0.5, 0.6) is 0 Å². The minimum absolute atomic E-state index is 0. The molecule has 0 bridgehead atoms. The molecule has 0 radical (unpaired) electrons. The summed E-state index contributed by atoms with van der Waals surface area (Å²) in [6.07, 6.45) is -4.56. The quantitative estimate of drug-likeness (QED) is 0.891. The first-order valence-corrected chi connectivity index (χ1v) is 6.66. The molecule has 1 atom stereocenters. The van der Waals surface area contributed by atoms with Gasteiger partial charge in [-0.1, -0.05) is 6.07 Å². The summed E-state index contributed by atoms with van der Waals surface area (Å²) in [7, 11) is 0. The number of amides is 1. The van der Waals surface area contributed by atoms with Gasteiger partial charge in [-0.05, 0) is 24.6 Å². The zero-order valence-electron chi connectivity index (χ0n) is 12.0. The number of aryl methyl sites for hydroxylation is 1. The molecule has 2 rings (SSSR count). The first kappa shape index (κ1) is 18.7. The number of halogens is 4. The van der Waals surface area contributed by atoms with Crippen molar-refractivity contribution < 1.29 is 22.7 Å². The zero-order chi connectivity index (χ0) is 15.5.